The van der Waals surface area contributed by atoms with Gasteiger partial charge >= 0.3 is 11.6 Å². The molecule has 0 unspecified atom stereocenters. The molecule has 82 valence electrons. The molecule has 0 amide bonds. The van der Waals surface area contributed by atoms with Crippen LogP contribution in [0.5, 0.6) is 0 Å². The van der Waals surface area contributed by atoms with E-state index in [4.69, 9.17) is 9.52 Å². The molecule has 0 fully saturated rings. The van der Waals surface area contributed by atoms with E-state index in [2.05, 4.69) is 0 Å². The zero-order chi connectivity index (χ0) is 11.9. The van der Waals surface area contributed by atoms with Gasteiger partial charge in [-0.3, -0.25) is 9.20 Å². The molecule has 6 heteroatoms. The van der Waals surface area contributed by atoms with Crippen molar-refractivity contribution >= 4 is 11.7 Å². The number of aromatic carboxylic acids is 1. The minimum Gasteiger partial charge on any atom is -0.477 e. The SMILES string of the molecule is Cc1cc(C(=O)O)c2oc(=O)ccn2c1=O. The first-order valence-corrected chi connectivity index (χ1v) is 4.40. The first kappa shape index (κ1) is 10.2. The van der Waals surface area contributed by atoms with E-state index in [0.717, 1.165) is 10.5 Å². The smallest absolute Gasteiger partial charge is 0.341 e. The molecule has 1 N–H and O–H groups in total. The van der Waals surface area contributed by atoms with E-state index >= 15 is 0 Å². The Hall–Kier alpha value is -2.37. The van der Waals surface area contributed by atoms with Crippen LogP contribution in [0.2, 0.25) is 0 Å². The summed E-state index contributed by atoms with van der Waals surface area (Å²) in [5.74, 6) is -1.25. The number of hydrogen-bond acceptors (Lipinski definition) is 4. The van der Waals surface area contributed by atoms with Gasteiger partial charge in [0.25, 0.3) is 5.56 Å². The Kier molecular flexibility index (Phi) is 2.12. The molecule has 16 heavy (non-hydrogen) atoms. The second-order valence-electron chi connectivity index (χ2n) is 3.26. The summed E-state index contributed by atoms with van der Waals surface area (Å²) in [5, 5.41) is 8.91. The van der Waals surface area contributed by atoms with Gasteiger partial charge in [-0.25, -0.2) is 9.59 Å². The number of fused-ring (bicyclic) bond motifs is 1. The first-order chi connectivity index (χ1) is 7.50. The average molecular weight is 221 g/mol. The number of nitrogens with zero attached hydrogens (tertiary/aromatic N) is 1. The van der Waals surface area contributed by atoms with Gasteiger partial charge in [0.1, 0.15) is 5.56 Å². The van der Waals surface area contributed by atoms with Crippen molar-refractivity contribution in [3.05, 3.63) is 50.2 Å². The number of aryl methyl sites for hydroxylation is 1. The summed E-state index contributed by atoms with van der Waals surface area (Å²) in [6.07, 6.45) is 1.20. The minimum absolute atomic E-state index is 0.213. The van der Waals surface area contributed by atoms with Crippen molar-refractivity contribution in [2.45, 2.75) is 6.92 Å². The number of carbonyl (C=O) groups is 1. The molecule has 0 bridgehead atoms. The van der Waals surface area contributed by atoms with Crippen LogP contribution in [0.1, 0.15) is 15.9 Å². The second-order valence-corrected chi connectivity index (χ2v) is 3.26. The van der Waals surface area contributed by atoms with Crippen molar-refractivity contribution in [1.29, 1.82) is 0 Å². The lowest BCUT2D eigenvalue weighted by Crippen LogP contribution is -2.20. The second kappa shape index (κ2) is 3.34. The molecule has 2 aromatic rings. The lowest BCUT2D eigenvalue weighted by molar-refractivity contribution is 0.0697. The standard InChI is InChI=1S/C10H7NO5/c1-5-4-6(10(14)15)9-11(8(5)13)3-2-7(12)16-9/h2-4H,1H3,(H,14,15). The zero-order valence-corrected chi connectivity index (χ0v) is 8.26. The topological polar surface area (TPSA) is 89.0 Å². The van der Waals surface area contributed by atoms with E-state index in [1.54, 1.807) is 0 Å². The van der Waals surface area contributed by atoms with Crippen LogP contribution in [-0.4, -0.2) is 15.5 Å². The van der Waals surface area contributed by atoms with Crippen LogP contribution in [0.3, 0.4) is 0 Å². The van der Waals surface area contributed by atoms with Gasteiger partial charge in [0.05, 0.1) is 0 Å². The van der Waals surface area contributed by atoms with Gasteiger partial charge in [-0.05, 0) is 13.0 Å². The molecule has 0 aliphatic carbocycles. The van der Waals surface area contributed by atoms with E-state index in [9.17, 15) is 14.4 Å². The maximum absolute atomic E-state index is 11.6. The van der Waals surface area contributed by atoms with E-state index in [1.807, 2.05) is 0 Å². The summed E-state index contributed by atoms with van der Waals surface area (Å²) in [6.45, 7) is 1.49. The summed E-state index contributed by atoms with van der Waals surface area (Å²) in [5.41, 5.74) is -1.32. The highest BCUT2D eigenvalue weighted by atomic mass is 16.4. The van der Waals surface area contributed by atoms with Crippen LogP contribution in [0, 0.1) is 6.92 Å². The molecular formula is C10H7NO5. The summed E-state index contributed by atoms with van der Waals surface area (Å²) in [4.78, 5) is 33.5. The van der Waals surface area contributed by atoms with Gasteiger partial charge in [0.15, 0.2) is 0 Å². The van der Waals surface area contributed by atoms with Crippen molar-refractivity contribution in [2.24, 2.45) is 0 Å². The number of pyridine rings is 1. The fourth-order valence-electron chi connectivity index (χ4n) is 1.41. The number of carboxylic acid groups (broad SMARTS) is 1. The van der Waals surface area contributed by atoms with Gasteiger partial charge in [-0.1, -0.05) is 0 Å². The average Bonchev–Trinajstić information content (AvgIpc) is 2.22. The van der Waals surface area contributed by atoms with E-state index in [0.29, 0.717) is 0 Å². The Labute approximate surface area is 88.4 Å². The third kappa shape index (κ3) is 1.40. The molecular weight excluding hydrogens is 214 g/mol. The lowest BCUT2D eigenvalue weighted by Gasteiger charge is -2.03. The van der Waals surface area contributed by atoms with Crippen LogP contribution < -0.4 is 11.2 Å². The molecule has 0 aliphatic heterocycles. The number of aromatic nitrogens is 1. The van der Waals surface area contributed by atoms with Crippen LogP contribution in [0.25, 0.3) is 5.71 Å². The van der Waals surface area contributed by atoms with Crippen molar-refractivity contribution in [3.8, 4) is 0 Å². The van der Waals surface area contributed by atoms with Gasteiger partial charge < -0.3 is 9.52 Å². The van der Waals surface area contributed by atoms with Crippen LogP contribution in [0.4, 0.5) is 0 Å². The monoisotopic (exact) mass is 221 g/mol. The third-order valence-corrected chi connectivity index (χ3v) is 2.15. The van der Waals surface area contributed by atoms with Crippen molar-refractivity contribution in [2.75, 3.05) is 0 Å². The van der Waals surface area contributed by atoms with E-state index in [-0.39, 0.29) is 16.8 Å². The van der Waals surface area contributed by atoms with Crippen molar-refractivity contribution in [3.63, 3.8) is 0 Å². The molecule has 0 radical (unpaired) electrons. The molecule has 0 aliphatic rings. The maximum atomic E-state index is 11.6. The number of rotatable bonds is 1. The molecule has 0 saturated heterocycles. The van der Waals surface area contributed by atoms with Crippen LogP contribution >= 0.6 is 0 Å². The Morgan fingerprint density at radius 3 is 2.75 bits per heavy atom. The summed E-state index contributed by atoms with van der Waals surface area (Å²) < 4.78 is 5.72. The van der Waals surface area contributed by atoms with Gasteiger partial charge in [0.2, 0.25) is 5.71 Å². The van der Waals surface area contributed by atoms with E-state index in [1.165, 1.54) is 19.2 Å². The predicted octanol–water partition coefficient (Wildman–Crippen LogP) is 0.259. The molecule has 0 spiro atoms. The Morgan fingerprint density at radius 2 is 2.12 bits per heavy atom. The molecule has 2 aromatic heterocycles. The summed E-state index contributed by atoms with van der Waals surface area (Å²) in [7, 11) is 0. The van der Waals surface area contributed by atoms with Gasteiger partial charge in [-0.2, -0.15) is 0 Å². The number of carboxylic acids is 1. The minimum atomic E-state index is -1.25. The summed E-state index contributed by atoms with van der Waals surface area (Å²) in [6, 6.07) is 2.24. The lowest BCUT2D eigenvalue weighted by atomic mass is 10.2. The maximum Gasteiger partial charge on any atom is 0.341 e. The highest BCUT2D eigenvalue weighted by molar-refractivity contribution is 5.93. The normalized spacial score (nSPS) is 10.6. The largest absolute Gasteiger partial charge is 0.477 e. The highest BCUT2D eigenvalue weighted by Gasteiger charge is 2.14. The fourth-order valence-corrected chi connectivity index (χ4v) is 1.41. The fraction of sp³-hybridized carbons (Fsp3) is 0.100. The molecule has 6 nitrogen and oxygen atoms in total. The summed E-state index contributed by atoms with van der Waals surface area (Å²) >= 11 is 0. The highest BCUT2D eigenvalue weighted by Crippen LogP contribution is 2.08. The first-order valence-electron chi connectivity index (χ1n) is 4.40. The quantitative estimate of drug-likeness (QED) is 0.746. The Morgan fingerprint density at radius 1 is 1.44 bits per heavy atom. The third-order valence-electron chi connectivity index (χ3n) is 2.15. The predicted molar refractivity (Wildman–Crippen MR) is 53.9 cm³/mol. The van der Waals surface area contributed by atoms with Crippen LogP contribution in [0.15, 0.2) is 32.3 Å². The molecule has 2 rings (SSSR count). The van der Waals surface area contributed by atoms with Gasteiger partial charge in [-0.15, -0.1) is 0 Å². The van der Waals surface area contributed by atoms with Crippen molar-refractivity contribution in [1.82, 2.24) is 4.40 Å². The Bertz CT molecular complexity index is 694. The van der Waals surface area contributed by atoms with Crippen molar-refractivity contribution < 1.29 is 14.3 Å². The Balaban J connectivity index is 3.07. The molecule has 0 atom stereocenters. The zero-order valence-electron chi connectivity index (χ0n) is 8.26. The molecule has 0 aromatic carbocycles. The number of hydrogen-bond donors (Lipinski definition) is 1. The van der Waals surface area contributed by atoms with Crippen LogP contribution in [-0.2, 0) is 0 Å². The molecule has 0 saturated carbocycles. The molecule has 2 heterocycles. The van der Waals surface area contributed by atoms with Gasteiger partial charge in [0, 0.05) is 17.8 Å². The van der Waals surface area contributed by atoms with E-state index < -0.39 is 17.2 Å².